The average Bonchev–Trinajstić information content (AvgIpc) is 3.08. The molecule has 1 aliphatic carbocycles. The second-order valence-electron chi connectivity index (χ2n) is 5.85. The van der Waals surface area contributed by atoms with Crippen LogP contribution in [0.25, 0.3) is 5.82 Å². The first-order valence-corrected chi connectivity index (χ1v) is 7.60. The van der Waals surface area contributed by atoms with Gasteiger partial charge in [0, 0.05) is 42.1 Å². The molecular formula is C18H17N3O. The highest BCUT2D eigenvalue weighted by Gasteiger charge is 2.25. The number of rotatable bonds is 5. The number of hydrogen-bond donors (Lipinski definition) is 1. The molecule has 3 aromatic rings. The summed E-state index contributed by atoms with van der Waals surface area (Å²) in [5.41, 5.74) is 2.96. The summed E-state index contributed by atoms with van der Waals surface area (Å²) in [7, 11) is 0. The van der Waals surface area contributed by atoms with E-state index >= 15 is 0 Å². The van der Waals surface area contributed by atoms with Crippen LogP contribution in [0.5, 0.6) is 0 Å². The Bertz CT molecular complexity index is 797. The van der Waals surface area contributed by atoms with Gasteiger partial charge in [-0.1, -0.05) is 30.3 Å². The SMILES string of the molecule is O=C(Cc1ccccc1)c1ccn(-c2cc(C3CC3)[nH]n2)c1. The molecule has 4 rings (SSSR count). The van der Waals surface area contributed by atoms with Crippen LogP contribution in [0.1, 0.15) is 40.4 Å². The van der Waals surface area contributed by atoms with E-state index in [1.807, 2.05) is 53.4 Å². The smallest absolute Gasteiger partial charge is 0.168 e. The molecule has 1 fully saturated rings. The predicted octanol–water partition coefficient (Wildman–Crippen LogP) is 3.50. The minimum Gasteiger partial charge on any atom is -0.306 e. The number of carbonyl (C=O) groups is 1. The maximum atomic E-state index is 12.3. The Labute approximate surface area is 128 Å². The van der Waals surface area contributed by atoms with Crippen molar-refractivity contribution in [3.63, 3.8) is 0 Å². The number of H-pyrrole nitrogens is 1. The summed E-state index contributed by atoms with van der Waals surface area (Å²) >= 11 is 0. The molecule has 1 aromatic carbocycles. The second kappa shape index (κ2) is 5.30. The standard InChI is InChI=1S/C18H17N3O/c22-17(10-13-4-2-1-3-5-13)15-8-9-21(12-15)18-11-16(19-20-18)14-6-7-14/h1-5,8-9,11-12,14H,6-7,10H2,(H,19,20). The lowest BCUT2D eigenvalue weighted by molar-refractivity contribution is 0.0993. The van der Waals surface area contributed by atoms with Crippen LogP contribution in [0, 0.1) is 0 Å². The number of nitrogens with zero attached hydrogens (tertiary/aromatic N) is 2. The first-order chi connectivity index (χ1) is 10.8. The van der Waals surface area contributed by atoms with Crippen molar-refractivity contribution in [2.75, 3.05) is 0 Å². The van der Waals surface area contributed by atoms with E-state index in [1.54, 1.807) is 0 Å². The molecule has 2 heterocycles. The zero-order valence-corrected chi connectivity index (χ0v) is 12.2. The van der Waals surface area contributed by atoms with Crippen molar-refractivity contribution in [3.8, 4) is 5.82 Å². The van der Waals surface area contributed by atoms with Crippen molar-refractivity contribution in [1.82, 2.24) is 14.8 Å². The van der Waals surface area contributed by atoms with Gasteiger partial charge in [-0.15, -0.1) is 0 Å². The van der Waals surface area contributed by atoms with Crippen molar-refractivity contribution in [1.29, 1.82) is 0 Å². The number of Topliss-reactive ketones (excluding diaryl/α,β-unsaturated/α-hetero) is 1. The molecule has 22 heavy (non-hydrogen) atoms. The molecule has 4 nitrogen and oxygen atoms in total. The molecule has 0 saturated heterocycles. The molecule has 4 heteroatoms. The van der Waals surface area contributed by atoms with Crippen molar-refractivity contribution in [2.45, 2.75) is 25.2 Å². The third-order valence-electron chi connectivity index (χ3n) is 4.09. The largest absolute Gasteiger partial charge is 0.306 e. The Balaban J connectivity index is 1.51. The average molecular weight is 291 g/mol. The molecule has 1 N–H and O–H groups in total. The lowest BCUT2D eigenvalue weighted by Crippen LogP contribution is -2.02. The van der Waals surface area contributed by atoms with E-state index in [9.17, 15) is 4.79 Å². The highest BCUT2D eigenvalue weighted by atomic mass is 16.1. The summed E-state index contributed by atoms with van der Waals surface area (Å²) in [4.78, 5) is 12.3. The van der Waals surface area contributed by atoms with Gasteiger partial charge in [0.2, 0.25) is 0 Å². The Morgan fingerprint density at radius 1 is 1.23 bits per heavy atom. The van der Waals surface area contributed by atoms with Crippen molar-refractivity contribution < 1.29 is 4.79 Å². The molecule has 0 spiro atoms. The number of benzene rings is 1. The Hall–Kier alpha value is -2.62. The molecule has 2 aromatic heterocycles. The molecule has 1 saturated carbocycles. The van der Waals surface area contributed by atoms with Gasteiger partial charge in [0.1, 0.15) is 0 Å². The Morgan fingerprint density at radius 3 is 2.82 bits per heavy atom. The number of aromatic amines is 1. The maximum Gasteiger partial charge on any atom is 0.168 e. The van der Waals surface area contributed by atoms with Gasteiger partial charge >= 0.3 is 0 Å². The van der Waals surface area contributed by atoms with Crippen LogP contribution in [0.4, 0.5) is 0 Å². The third kappa shape index (κ3) is 2.60. The van der Waals surface area contributed by atoms with Crippen LogP contribution in [0.3, 0.4) is 0 Å². The van der Waals surface area contributed by atoms with E-state index in [0.29, 0.717) is 12.3 Å². The molecule has 0 radical (unpaired) electrons. The summed E-state index contributed by atoms with van der Waals surface area (Å²) in [6, 6.07) is 13.8. The topological polar surface area (TPSA) is 50.7 Å². The Morgan fingerprint density at radius 2 is 2.05 bits per heavy atom. The number of hydrogen-bond acceptors (Lipinski definition) is 2. The second-order valence-corrected chi connectivity index (χ2v) is 5.85. The van der Waals surface area contributed by atoms with Crippen molar-refractivity contribution in [2.24, 2.45) is 0 Å². The molecule has 110 valence electrons. The molecule has 0 atom stereocenters. The fourth-order valence-corrected chi connectivity index (χ4v) is 2.65. The van der Waals surface area contributed by atoms with Crippen LogP contribution < -0.4 is 0 Å². The highest BCUT2D eigenvalue weighted by Crippen LogP contribution is 2.39. The van der Waals surface area contributed by atoms with Gasteiger partial charge in [-0.2, -0.15) is 5.10 Å². The summed E-state index contributed by atoms with van der Waals surface area (Å²) < 4.78 is 1.90. The van der Waals surface area contributed by atoms with E-state index in [1.165, 1.54) is 18.5 Å². The van der Waals surface area contributed by atoms with E-state index in [0.717, 1.165) is 16.9 Å². The lowest BCUT2D eigenvalue weighted by atomic mass is 10.1. The van der Waals surface area contributed by atoms with Gasteiger partial charge < -0.3 is 4.57 Å². The maximum absolute atomic E-state index is 12.3. The molecular weight excluding hydrogens is 274 g/mol. The normalized spacial score (nSPS) is 14.2. The number of aromatic nitrogens is 3. The molecule has 0 amide bonds. The summed E-state index contributed by atoms with van der Waals surface area (Å²) in [5.74, 6) is 1.62. The summed E-state index contributed by atoms with van der Waals surface area (Å²) in [5, 5.41) is 7.42. The lowest BCUT2D eigenvalue weighted by Gasteiger charge is -1.99. The predicted molar refractivity (Wildman–Crippen MR) is 84.4 cm³/mol. The van der Waals surface area contributed by atoms with Crippen LogP contribution in [0.15, 0.2) is 54.9 Å². The van der Waals surface area contributed by atoms with Crippen molar-refractivity contribution >= 4 is 5.78 Å². The van der Waals surface area contributed by atoms with Crippen LogP contribution >= 0.6 is 0 Å². The molecule has 0 bridgehead atoms. The first kappa shape index (κ1) is 13.1. The van der Waals surface area contributed by atoms with Gasteiger partial charge in [0.15, 0.2) is 11.6 Å². The first-order valence-electron chi connectivity index (χ1n) is 7.60. The fourth-order valence-electron chi connectivity index (χ4n) is 2.65. The quantitative estimate of drug-likeness (QED) is 0.731. The van der Waals surface area contributed by atoms with Crippen LogP contribution in [0.2, 0.25) is 0 Å². The van der Waals surface area contributed by atoms with Gasteiger partial charge in [0.25, 0.3) is 0 Å². The Kier molecular flexibility index (Phi) is 3.15. The molecule has 0 aliphatic heterocycles. The molecule has 1 aliphatic rings. The van der Waals surface area contributed by atoms with E-state index in [4.69, 9.17) is 0 Å². The zero-order chi connectivity index (χ0) is 14.9. The van der Waals surface area contributed by atoms with E-state index in [2.05, 4.69) is 16.3 Å². The monoisotopic (exact) mass is 291 g/mol. The minimum atomic E-state index is 0.128. The van der Waals surface area contributed by atoms with Gasteiger partial charge in [-0.3, -0.25) is 9.89 Å². The molecule has 0 unspecified atom stereocenters. The van der Waals surface area contributed by atoms with E-state index < -0.39 is 0 Å². The van der Waals surface area contributed by atoms with Gasteiger partial charge in [-0.05, 0) is 24.5 Å². The van der Waals surface area contributed by atoms with Crippen molar-refractivity contribution in [3.05, 3.63) is 71.7 Å². The van der Waals surface area contributed by atoms with Crippen LogP contribution in [-0.4, -0.2) is 20.5 Å². The minimum absolute atomic E-state index is 0.128. The van der Waals surface area contributed by atoms with E-state index in [-0.39, 0.29) is 5.78 Å². The van der Waals surface area contributed by atoms with Gasteiger partial charge in [-0.25, -0.2) is 0 Å². The summed E-state index contributed by atoms with van der Waals surface area (Å²) in [6.45, 7) is 0. The highest BCUT2D eigenvalue weighted by molar-refractivity contribution is 5.97. The van der Waals surface area contributed by atoms with Crippen LogP contribution in [-0.2, 0) is 6.42 Å². The number of ketones is 1. The zero-order valence-electron chi connectivity index (χ0n) is 12.2. The van der Waals surface area contributed by atoms with Gasteiger partial charge in [0.05, 0.1) is 0 Å². The number of carbonyl (C=O) groups excluding carboxylic acids is 1. The third-order valence-corrected chi connectivity index (χ3v) is 4.09. The fraction of sp³-hybridized carbons (Fsp3) is 0.222. The number of nitrogens with one attached hydrogen (secondary N) is 1. The summed E-state index contributed by atoms with van der Waals surface area (Å²) in [6.07, 6.45) is 6.67.